The maximum atomic E-state index is 5.70. The van der Waals surface area contributed by atoms with Crippen LogP contribution in [0.2, 0.25) is 0 Å². The number of hydrogen-bond acceptors (Lipinski definition) is 4. The first-order valence-corrected chi connectivity index (χ1v) is 10.4. The van der Waals surface area contributed by atoms with Gasteiger partial charge in [0.25, 0.3) is 0 Å². The third-order valence-corrected chi connectivity index (χ3v) is 6.39. The van der Waals surface area contributed by atoms with Gasteiger partial charge in [0.1, 0.15) is 11.3 Å². The lowest BCUT2D eigenvalue weighted by atomic mass is 9.93. The smallest absolute Gasteiger partial charge is 0.156 e. The Bertz CT molecular complexity index is 1000. The van der Waals surface area contributed by atoms with Crippen LogP contribution in [0.15, 0.2) is 24.4 Å². The highest BCUT2D eigenvalue weighted by Gasteiger charge is 2.24. The molecule has 5 rings (SSSR count). The maximum Gasteiger partial charge on any atom is 0.156 e. The van der Waals surface area contributed by atoms with E-state index in [4.69, 9.17) is 4.74 Å². The Kier molecular flexibility index (Phi) is 4.55. The molecule has 1 aromatic carbocycles. The number of aryl methyl sites for hydroxylation is 3. The molecule has 0 spiro atoms. The second-order valence-electron chi connectivity index (χ2n) is 8.31. The molecule has 0 radical (unpaired) electrons. The summed E-state index contributed by atoms with van der Waals surface area (Å²) in [4.78, 5) is 15.1. The van der Waals surface area contributed by atoms with Crippen LogP contribution in [0, 0.1) is 6.92 Å². The number of rotatable bonds is 4. The molecule has 1 aliphatic heterocycles. The van der Waals surface area contributed by atoms with Crippen molar-refractivity contribution < 1.29 is 4.74 Å². The number of aromatic nitrogens is 3. The summed E-state index contributed by atoms with van der Waals surface area (Å²) >= 11 is 0. The number of methoxy groups -OCH3 is 1. The molecule has 28 heavy (non-hydrogen) atoms. The summed E-state index contributed by atoms with van der Waals surface area (Å²) in [6, 6.07) is 6.85. The van der Waals surface area contributed by atoms with Gasteiger partial charge in [-0.15, -0.1) is 0 Å². The minimum Gasteiger partial charge on any atom is -0.496 e. The fourth-order valence-corrected chi connectivity index (χ4v) is 4.83. The van der Waals surface area contributed by atoms with Crippen LogP contribution < -0.4 is 4.74 Å². The lowest BCUT2D eigenvalue weighted by Crippen LogP contribution is -2.32. The number of nitrogens with one attached hydrogen (secondary N) is 1. The SMILES string of the molecule is COc1cc2c(cc1CN1CCC(c3cc4ncc(C)nc4[nH]3)CC1)CCC2. The Morgan fingerprint density at radius 2 is 1.93 bits per heavy atom. The number of nitrogens with zero attached hydrogens (tertiary/aromatic N) is 3. The van der Waals surface area contributed by atoms with Gasteiger partial charge in [-0.05, 0) is 75.4 Å². The van der Waals surface area contributed by atoms with Crippen LogP contribution >= 0.6 is 0 Å². The average Bonchev–Trinajstić information content (AvgIpc) is 3.33. The zero-order chi connectivity index (χ0) is 19.1. The number of fused-ring (bicyclic) bond motifs is 2. The van der Waals surface area contributed by atoms with Crippen molar-refractivity contribution in [3.63, 3.8) is 0 Å². The van der Waals surface area contributed by atoms with E-state index in [0.717, 1.165) is 42.2 Å². The fourth-order valence-electron chi connectivity index (χ4n) is 4.83. The van der Waals surface area contributed by atoms with Gasteiger partial charge in [0.2, 0.25) is 0 Å². The number of piperidine rings is 1. The second kappa shape index (κ2) is 7.21. The summed E-state index contributed by atoms with van der Waals surface area (Å²) in [5, 5.41) is 0. The van der Waals surface area contributed by atoms with Crippen LogP contribution in [0.25, 0.3) is 11.2 Å². The van der Waals surface area contributed by atoms with Crippen LogP contribution in [0.5, 0.6) is 5.75 Å². The van der Waals surface area contributed by atoms with Crippen molar-refractivity contribution >= 4 is 11.2 Å². The van der Waals surface area contributed by atoms with Crippen LogP contribution in [0.1, 0.15) is 53.3 Å². The van der Waals surface area contributed by atoms with Gasteiger partial charge < -0.3 is 9.72 Å². The van der Waals surface area contributed by atoms with E-state index in [1.165, 1.54) is 54.5 Å². The van der Waals surface area contributed by atoms with Crippen molar-refractivity contribution in [2.75, 3.05) is 20.2 Å². The molecule has 2 aliphatic rings. The summed E-state index contributed by atoms with van der Waals surface area (Å²) in [6.07, 6.45) is 7.87. The molecule has 5 nitrogen and oxygen atoms in total. The standard InChI is InChI=1S/C23H28N4O/c1-15-13-24-21-12-20(26-23(21)25-15)16-6-8-27(9-7-16)14-19-10-17-4-3-5-18(17)11-22(19)28-2/h10-13,16H,3-9,14H2,1-2H3,(H,25,26). The van der Waals surface area contributed by atoms with Crippen LogP contribution in [0.3, 0.4) is 0 Å². The molecule has 1 saturated heterocycles. The van der Waals surface area contributed by atoms with Gasteiger partial charge in [-0.2, -0.15) is 0 Å². The summed E-state index contributed by atoms with van der Waals surface area (Å²) in [7, 11) is 1.80. The monoisotopic (exact) mass is 376 g/mol. The summed E-state index contributed by atoms with van der Waals surface area (Å²) in [5.41, 5.74) is 8.49. The quantitative estimate of drug-likeness (QED) is 0.743. The lowest BCUT2D eigenvalue weighted by Gasteiger charge is -2.32. The van der Waals surface area contributed by atoms with E-state index < -0.39 is 0 Å². The molecule has 0 saturated carbocycles. The van der Waals surface area contributed by atoms with Crippen molar-refractivity contribution in [3.8, 4) is 5.75 Å². The van der Waals surface area contributed by atoms with Crippen molar-refractivity contribution in [1.29, 1.82) is 0 Å². The fraction of sp³-hybridized carbons (Fsp3) is 0.478. The summed E-state index contributed by atoms with van der Waals surface area (Å²) < 4.78 is 5.70. The van der Waals surface area contributed by atoms with Crippen molar-refractivity contribution in [2.24, 2.45) is 0 Å². The van der Waals surface area contributed by atoms with Crippen molar-refractivity contribution in [2.45, 2.75) is 51.5 Å². The van der Waals surface area contributed by atoms with Crippen molar-refractivity contribution in [3.05, 3.63) is 52.5 Å². The molecule has 2 aromatic heterocycles. The van der Waals surface area contributed by atoms with Gasteiger partial charge >= 0.3 is 0 Å². The molecule has 1 N–H and O–H groups in total. The molecule has 0 bridgehead atoms. The number of H-pyrrole nitrogens is 1. The Morgan fingerprint density at radius 3 is 2.71 bits per heavy atom. The molecule has 1 fully saturated rings. The largest absolute Gasteiger partial charge is 0.496 e. The molecule has 5 heteroatoms. The number of aromatic amines is 1. The Labute approximate surface area is 166 Å². The number of hydrogen-bond donors (Lipinski definition) is 1. The van der Waals surface area contributed by atoms with Crippen LogP contribution in [-0.4, -0.2) is 40.1 Å². The predicted molar refractivity (Wildman–Crippen MR) is 111 cm³/mol. The maximum absolute atomic E-state index is 5.70. The molecule has 0 atom stereocenters. The van der Waals surface area contributed by atoms with E-state index in [1.807, 2.05) is 13.1 Å². The second-order valence-corrected chi connectivity index (χ2v) is 8.31. The minimum absolute atomic E-state index is 0.564. The van der Waals surface area contributed by atoms with Crippen LogP contribution in [-0.2, 0) is 19.4 Å². The van der Waals surface area contributed by atoms with E-state index in [-0.39, 0.29) is 0 Å². The average molecular weight is 377 g/mol. The van der Waals surface area contributed by atoms with Crippen LogP contribution in [0.4, 0.5) is 0 Å². The Hall–Kier alpha value is -2.40. The number of likely N-dealkylation sites (tertiary alicyclic amines) is 1. The van der Waals surface area contributed by atoms with Gasteiger partial charge in [-0.1, -0.05) is 6.07 Å². The van der Waals surface area contributed by atoms with Gasteiger partial charge in [0, 0.05) is 29.9 Å². The Morgan fingerprint density at radius 1 is 1.14 bits per heavy atom. The van der Waals surface area contributed by atoms with E-state index in [1.54, 1.807) is 7.11 Å². The molecule has 0 unspecified atom stereocenters. The normalized spacial score (nSPS) is 17.9. The zero-order valence-corrected chi connectivity index (χ0v) is 16.8. The Balaban J connectivity index is 1.27. The first-order valence-electron chi connectivity index (χ1n) is 10.4. The highest BCUT2D eigenvalue weighted by atomic mass is 16.5. The number of ether oxygens (including phenoxy) is 1. The van der Waals surface area contributed by atoms with Crippen molar-refractivity contribution in [1.82, 2.24) is 19.9 Å². The first-order chi connectivity index (χ1) is 13.7. The third-order valence-electron chi connectivity index (χ3n) is 6.39. The highest BCUT2D eigenvalue weighted by Crippen LogP contribution is 2.33. The topological polar surface area (TPSA) is 54.0 Å². The van der Waals surface area contributed by atoms with E-state index in [9.17, 15) is 0 Å². The first kappa shape index (κ1) is 17.7. The lowest BCUT2D eigenvalue weighted by molar-refractivity contribution is 0.201. The highest BCUT2D eigenvalue weighted by molar-refractivity contribution is 5.71. The molecule has 3 heterocycles. The van der Waals surface area contributed by atoms with Gasteiger partial charge in [0.05, 0.1) is 12.8 Å². The molecule has 0 amide bonds. The van der Waals surface area contributed by atoms with E-state index in [0.29, 0.717) is 5.92 Å². The van der Waals surface area contributed by atoms with Gasteiger partial charge in [-0.3, -0.25) is 9.88 Å². The van der Waals surface area contributed by atoms with Gasteiger partial charge in [0.15, 0.2) is 5.65 Å². The summed E-state index contributed by atoms with van der Waals surface area (Å²) in [5.74, 6) is 1.63. The predicted octanol–water partition coefficient (Wildman–Crippen LogP) is 4.14. The molecule has 3 aromatic rings. The summed E-state index contributed by atoms with van der Waals surface area (Å²) in [6.45, 7) is 5.19. The number of benzene rings is 1. The molecule has 146 valence electrons. The van der Waals surface area contributed by atoms with E-state index in [2.05, 4.69) is 38.1 Å². The van der Waals surface area contributed by atoms with Gasteiger partial charge in [-0.25, -0.2) is 4.98 Å². The zero-order valence-electron chi connectivity index (χ0n) is 16.8. The van der Waals surface area contributed by atoms with E-state index >= 15 is 0 Å². The minimum atomic E-state index is 0.564. The molecular weight excluding hydrogens is 348 g/mol. The molecular formula is C23H28N4O. The third kappa shape index (κ3) is 3.28. The molecule has 1 aliphatic carbocycles.